The van der Waals surface area contributed by atoms with Crippen molar-refractivity contribution in [3.63, 3.8) is 0 Å². The van der Waals surface area contributed by atoms with Crippen molar-refractivity contribution in [3.8, 4) is 0 Å². The lowest BCUT2D eigenvalue weighted by atomic mass is 10.4. The first-order chi connectivity index (χ1) is 7.76. The highest BCUT2D eigenvalue weighted by atomic mass is 79.9. The molecule has 1 aromatic rings. The molecular weight excluding hydrogens is 274 g/mol. The Bertz CT molecular complexity index is 371. The van der Waals surface area contributed by atoms with Gasteiger partial charge in [0.15, 0.2) is 0 Å². The maximum atomic E-state index is 9.05. The molecule has 1 saturated carbocycles. The normalized spacial score (nSPS) is 14.9. The summed E-state index contributed by atoms with van der Waals surface area (Å²) >= 11 is 3.41. The summed E-state index contributed by atoms with van der Waals surface area (Å²) in [6.07, 6.45) is 3.94. The molecule has 0 radical (unpaired) electrons. The Morgan fingerprint density at radius 2 is 2.38 bits per heavy atom. The van der Waals surface area contributed by atoms with Crippen molar-refractivity contribution in [2.75, 3.05) is 23.5 Å². The average Bonchev–Trinajstić information content (AvgIpc) is 3.11. The predicted octanol–water partition coefficient (Wildman–Crippen LogP) is 0.486. The third kappa shape index (κ3) is 2.42. The van der Waals surface area contributed by atoms with Crippen LogP contribution in [0.25, 0.3) is 0 Å². The highest BCUT2D eigenvalue weighted by Gasteiger charge is 2.31. The average molecular weight is 288 g/mol. The number of aliphatic hydroxyl groups is 1. The summed E-state index contributed by atoms with van der Waals surface area (Å²) in [5.74, 6) is 6.43. The third-order valence-electron chi connectivity index (χ3n) is 2.46. The van der Waals surface area contributed by atoms with Gasteiger partial charge in [-0.15, -0.1) is 0 Å². The topological polar surface area (TPSA) is 87.3 Å². The van der Waals surface area contributed by atoms with E-state index >= 15 is 0 Å². The molecule has 0 bridgehead atoms. The first-order valence-electron chi connectivity index (χ1n) is 5.13. The Morgan fingerprint density at radius 1 is 1.62 bits per heavy atom. The number of nitrogens with two attached hydrogens (primary N) is 1. The lowest BCUT2D eigenvalue weighted by Gasteiger charge is -2.23. The molecule has 1 aliphatic rings. The van der Waals surface area contributed by atoms with Crippen LogP contribution in [-0.2, 0) is 0 Å². The lowest BCUT2D eigenvalue weighted by Crippen LogP contribution is -2.30. The number of anilines is 2. The molecule has 16 heavy (non-hydrogen) atoms. The minimum Gasteiger partial charge on any atom is -0.395 e. The van der Waals surface area contributed by atoms with Crippen LogP contribution < -0.4 is 16.2 Å². The highest BCUT2D eigenvalue weighted by molar-refractivity contribution is 9.10. The maximum absolute atomic E-state index is 9.05. The number of nitrogens with one attached hydrogen (secondary N) is 1. The fourth-order valence-corrected chi connectivity index (χ4v) is 2.00. The number of hydrazine groups is 1. The van der Waals surface area contributed by atoms with Gasteiger partial charge in [-0.05, 0) is 28.8 Å². The van der Waals surface area contributed by atoms with Crippen LogP contribution in [0.3, 0.4) is 0 Å². The highest BCUT2D eigenvalue weighted by Crippen LogP contribution is 2.34. The second kappa shape index (κ2) is 4.94. The van der Waals surface area contributed by atoms with E-state index in [1.165, 1.54) is 0 Å². The maximum Gasteiger partial charge on any atom is 0.239 e. The molecule has 0 spiro atoms. The number of hydrogen-bond donors (Lipinski definition) is 3. The Kier molecular flexibility index (Phi) is 3.57. The molecule has 4 N–H and O–H groups in total. The SMILES string of the molecule is NNc1ncc(Br)c(N(CCO)C2CC2)n1. The molecule has 0 unspecified atom stereocenters. The van der Waals surface area contributed by atoms with Gasteiger partial charge in [-0.25, -0.2) is 10.8 Å². The summed E-state index contributed by atoms with van der Waals surface area (Å²) in [4.78, 5) is 10.4. The van der Waals surface area contributed by atoms with Crippen molar-refractivity contribution in [1.82, 2.24) is 9.97 Å². The smallest absolute Gasteiger partial charge is 0.239 e. The summed E-state index contributed by atoms with van der Waals surface area (Å²) in [5.41, 5.74) is 2.42. The van der Waals surface area contributed by atoms with E-state index in [9.17, 15) is 0 Å². The van der Waals surface area contributed by atoms with E-state index < -0.39 is 0 Å². The fourth-order valence-electron chi connectivity index (χ4n) is 1.58. The Balaban J connectivity index is 2.27. The summed E-state index contributed by atoms with van der Waals surface area (Å²) in [7, 11) is 0. The summed E-state index contributed by atoms with van der Waals surface area (Å²) in [6, 6.07) is 0.476. The minimum atomic E-state index is 0.109. The number of rotatable bonds is 5. The van der Waals surface area contributed by atoms with E-state index in [-0.39, 0.29) is 6.61 Å². The minimum absolute atomic E-state index is 0.109. The molecule has 0 atom stereocenters. The Labute approximate surface area is 102 Å². The molecule has 6 nitrogen and oxygen atoms in total. The molecule has 2 rings (SSSR count). The van der Waals surface area contributed by atoms with Crippen molar-refractivity contribution >= 4 is 27.7 Å². The number of aliphatic hydroxyl groups excluding tert-OH is 1. The van der Waals surface area contributed by atoms with E-state index in [4.69, 9.17) is 10.9 Å². The van der Waals surface area contributed by atoms with Crippen LogP contribution in [-0.4, -0.2) is 34.3 Å². The van der Waals surface area contributed by atoms with Gasteiger partial charge >= 0.3 is 0 Å². The molecule has 1 aromatic heterocycles. The van der Waals surface area contributed by atoms with Crippen molar-refractivity contribution in [2.24, 2.45) is 5.84 Å². The van der Waals surface area contributed by atoms with E-state index in [1.54, 1.807) is 6.20 Å². The van der Waals surface area contributed by atoms with E-state index in [2.05, 4.69) is 36.2 Å². The molecule has 0 aromatic carbocycles. The van der Waals surface area contributed by atoms with Crippen molar-refractivity contribution in [2.45, 2.75) is 18.9 Å². The molecule has 0 aliphatic heterocycles. The number of halogens is 1. The van der Waals surface area contributed by atoms with Gasteiger partial charge in [-0.1, -0.05) is 0 Å². The van der Waals surface area contributed by atoms with Gasteiger partial charge in [0.2, 0.25) is 5.95 Å². The number of hydrogen-bond acceptors (Lipinski definition) is 6. The van der Waals surface area contributed by atoms with Gasteiger partial charge in [0.05, 0.1) is 11.1 Å². The molecule has 1 heterocycles. The summed E-state index contributed by atoms with van der Waals surface area (Å²) in [6.45, 7) is 0.683. The van der Waals surface area contributed by atoms with Gasteiger partial charge in [0, 0.05) is 18.8 Å². The Morgan fingerprint density at radius 3 is 2.94 bits per heavy atom. The van der Waals surface area contributed by atoms with Crippen LogP contribution in [0.15, 0.2) is 10.7 Å². The summed E-state index contributed by atoms with van der Waals surface area (Å²) in [5, 5.41) is 9.05. The Hall–Kier alpha value is -0.920. The van der Waals surface area contributed by atoms with E-state index in [0.29, 0.717) is 18.5 Å². The van der Waals surface area contributed by atoms with Crippen molar-refractivity contribution in [3.05, 3.63) is 10.7 Å². The zero-order chi connectivity index (χ0) is 11.5. The monoisotopic (exact) mass is 287 g/mol. The quantitative estimate of drug-likeness (QED) is 0.540. The first-order valence-corrected chi connectivity index (χ1v) is 5.92. The molecule has 88 valence electrons. The molecule has 7 heteroatoms. The largest absolute Gasteiger partial charge is 0.395 e. The van der Waals surface area contributed by atoms with Crippen molar-refractivity contribution < 1.29 is 5.11 Å². The number of nitrogen functional groups attached to an aromatic ring is 1. The second-order valence-corrected chi connectivity index (χ2v) is 4.51. The van der Waals surface area contributed by atoms with Crippen LogP contribution in [0.2, 0.25) is 0 Å². The summed E-state index contributed by atoms with van der Waals surface area (Å²) < 4.78 is 0.812. The molecule has 1 fully saturated rings. The molecule has 0 amide bonds. The van der Waals surface area contributed by atoms with Gasteiger partial charge in [-0.2, -0.15) is 4.98 Å². The zero-order valence-electron chi connectivity index (χ0n) is 8.73. The zero-order valence-corrected chi connectivity index (χ0v) is 10.3. The van der Waals surface area contributed by atoms with Gasteiger partial charge < -0.3 is 10.0 Å². The van der Waals surface area contributed by atoms with Crippen LogP contribution in [0, 0.1) is 0 Å². The van der Waals surface area contributed by atoms with E-state index in [0.717, 1.165) is 23.1 Å². The fraction of sp³-hybridized carbons (Fsp3) is 0.556. The van der Waals surface area contributed by atoms with Crippen LogP contribution in [0.5, 0.6) is 0 Å². The van der Waals surface area contributed by atoms with Gasteiger partial charge in [0.25, 0.3) is 0 Å². The van der Waals surface area contributed by atoms with Gasteiger partial charge in [-0.3, -0.25) is 5.43 Å². The second-order valence-electron chi connectivity index (χ2n) is 3.66. The van der Waals surface area contributed by atoms with Crippen LogP contribution >= 0.6 is 15.9 Å². The van der Waals surface area contributed by atoms with Crippen LogP contribution in [0.4, 0.5) is 11.8 Å². The number of nitrogens with zero attached hydrogens (tertiary/aromatic N) is 3. The first kappa shape index (κ1) is 11.6. The molecule has 0 saturated heterocycles. The molecular formula is C9H14BrN5O. The van der Waals surface area contributed by atoms with Crippen LogP contribution in [0.1, 0.15) is 12.8 Å². The lowest BCUT2D eigenvalue weighted by molar-refractivity contribution is 0.301. The standard InChI is InChI=1S/C9H14BrN5O/c10-7-5-12-9(14-11)13-8(7)15(3-4-16)6-1-2-6/h5-6,16H,1-4,11H2,(H,12,13,14). The van der Waals surface area contributed by atoms with Gasteiger partial charge in [0.1, 0.15) is 5.82 Å². The van der Waals surface area contributed by atoms with Crippen molar-refractivity contribution in [1.29, 1.82) is 0 Å². The third-order valence-corrected chi connectivity index (χ3v) is 3.01. The predicted molar refractivity (Wildman–Crippen MR) is 65.0 cm³/mol. The molecule has 1 aliphatic carbocycles. The van der Waals surface area contributed by atoms with E-state index in [1.807, 2.05) is 0 Å². The number of aromatic nitrogens is 2.